The normalized spacial score (nSPS) is 12.4. The maximum atomic E-state index is 10.8. The maximum absolute atomic E-state index is 10.8. The number of nitrogens with one attached hydrogen (secondary N) is 1. The van der Waals surface area contributed by atoms with Crippen LogP contribution in [-0.2, 0) is 11.3 Å². The molecule has 5 nitrogen and oxygen atoms in total. The van der Waals surface area contributed by atoms with E-state index in [0.29, 0.717) is 13.2 Å². The van der Waals surface area contributed by atoms with Crippen molar-refractivity contribution in [3.8, 4) is 0 Å². The van der Waals surface area contributed by atoms with Gasteiger partial charge in [0.25, 0.3) is 0 Å². The average Bonchev–Trinajstić information content (AvgIpc) is 2.40. The van der Waals surface area contributed by atoms with Gasteiger partial charge in [0, 0.05) is 30.8 Å². The molecule has 0 saturated carbocycles. The zero-order chi connectivity index (χ0) is 14.3. The molecule has 1 rings (SSSR count). The van der Waals surface area contributed by atoms with Gasteiger partial charge in [-0.05, 0) is 24.1 Å². The third-order valence-corrected chi connectivity index (χ3v) is 3.51. The van der Waals surface area contributed by atoms with E-state index in [0.717, 1.165) is 16.5 Å². The van der Waals surface area contributed by atoms with E-state index in [-0.39, 0.29) is 18.2 Å². The second kappa shape index (κ2) is 8.27. The molecule has 0 fully saturated rings. The van der Waals surface area contributed by atoms with Crippen LogP contribution in [-0.4, -0.2) is 42.5 Å². The number of ether oxygens (including phenoxy) is 1. The summed E-state index contributed by atoms with van der Waals surface area (Å²) in [6, 6.07) is 4.85. The fraction of sp³-hybridized carbons (Fsp3) is 0.462. The van der Waals surface area contributed by atoms with Crippen molar-refractivity contribution in [1.82, 2.24) is 5.32 Å². The van der Waals surface area contributed by atoms with Crippen molar-refractivity contribution in [2.24, 2.45) is 0 Å². The van der Waals surface area contributed by atoms with E-state index in [1.165, 1.54) is 0 Å². The van der Waals surface area contributed by atoms with E-state index in [1.54, 1.807) is 25.3 Å². The predicted molar refractivity (Wildman–Crippen MR) is 75.3 cm³/mol. The number of benzene rings is 1. The summed E-state index contributed by atoms with van der Waals surface area (Å²) in [6.45, 7) is 1.17. The minimum Gasteiger partial charge on any atom is -0.478 e. The van der Waals surface area contributed by atoms with Crippen LogP contribution in [0.5, 0.6) is 0 Å². The summed E-state index contributed by atoms with van der Waals surface area (Å²) in [5, 5.41) is 21.3. The fourth-order valence-corrected chi connectivity index (χ4v) is 2.11. The maximum Gasteiger partial charge on any atom is 0.335 e. The van der Waals surface area contributed by atoms with Gasteiger partial charge in [0.15, 0.2) is 0 Å². The highest BCUT2D eigenvalue weighted by molar-refractivity contribution is 9.10. The minimum atomic E-state index is -0.950. The highest BCUT2D eigenvalue weighted by atomic mass is 79.9. The lowest BCUT2D eigenvalue weighted by molar-refractivity contribution is 0.0697. The number of hydrogen-bond acceptors (Lipinski definition) is 4. The zero-order valence-electron chi connectivity index (χ0n) is 10.7. The first-order chi connectivity index (χ1) is 9.08. The number of aliphatic hydroxyl groups excluding tert-OH is 1. The van der Waals surface area contributed by atoms with Crippen LogP contribution in [0.2, 0.25) is 0 Å². The summed E-state index contributed by atoms with van der Waals surface area (Å²) in [6.07, 6.45) is 0.720. The van der Waals surface area contributed by atoms with Crippen molar-refractivity contribution < 1.29 is 19.7 Å². The molecule has 0 radical (unpaired) electrons. The van der Waals surface area contributed by atoms with Crippen molar-refractivity contribution in [2.45, 2.75) is 19.0 Å². The monoisotopic (exact) mass is 331 g/mol. The van der Waals surface area contributed by atoms with Gasteiger partial charge in [0.2, 0.25) is 0 Å². The molecule has 1 aromatic rings. The molecule has 19 heavy (non-hydrogen) atoms. The van der Waals surface area contributed by atoms with E-state index >= 15 is 0 Å². The molecule has 0 spiro atoms. The summed E-state index contributed by atoms with van der Waals surface area (Å²) < 4.78 is 5.71. The van der Waals surface area contributed by atoms with E-state index < -0.39 is 5.97 Å². The van der Waals surface area contributed by atoms with Crippen LogP contribution in [0.4, 0.5) is 0 Å². The Morgan fingerprint density at radius 3 is 2.79 bits per heavy atom. The molecule has 0 aliphatic rings. The van der Waals surface area contributed by atoms with E-state index in [1.807, 2.05) is 0 Å². The Morgan fingerprint density at radius 2 is 2.26 bits per heavy atom. The predicted octanol–water partition coefficient (Wildman–Crippen LogP) is 1.63. The van der Waals surface area contributed by atoms with Crippen molar-refractivity contribution in [1.29, 1.82) is 0 Å². The summed E-state index contributed by atoms with van der Waals surface area (Å²) in [5.41, 5.74) is 1.19. The minimum absolute atomic E-state index is 0.0359. The van der Waals surface area contributed by atoms with E-state index in [2.05, 4.69) is 21.2 Å². The van der Waals surface area contributed by atoms with Gasteiger partial charge in [-0.3, -0.25) is 0 Å². The highest BCUT2D eigenvalue weighted by Gasteiger charge is 2.10. The Balaban J connectivity index is 2.59. The average molecular weight is 332 g/mol. The largest absolute Gasteiger partial charge is 0.478 e. The second-order valence-corrected chi connectivity index (χ2v) is 5.01. The van der Waals surface area contributed by atoms with Crippen LogP contribution in [0.3, 0.4) is 0 Å². The quantitative estimate of drug-likeness (QED) is 0.674. The van der Waals surface area contributed by atoms with Crippen LogP contribution in [0.1, 0.15) is 22.3 Å². The molecule has 0 bridgehead atoms. The SMILES string of the molecule is COCCC(CO)NCc1ccc(C(=O)O)cc1Br. The molecule has 0 aliphatic heterocycles. The molecule has 0 saturated heterocycles. The van der Waals surface area contributed by atoms with E-state index in [4.69, 9.17) is 9.84 Å². The summed E-state index contributed by atoms with van der Waals surface area (Å²) in [5.74, 6) is -0.950. The first-order valence-corrected chi connectivity index (χ1v) is 6.72. The first kappa shape index (κ1) is 16.1. The molecule has 1 unspecified atom stereocenters. The van der Waals surface area contributed by atoms with Gasteiger partial charge in [0.1, 0.15) is 0 Å². The van der Waals surface area contributed by atoms with Crippen molar-refractivity contribution >= 4 is 21.9 Å². The lowest BCUT2D eigenvalue weighted by atomic mass is 10.1. The van der Waals surface area contributed by atoms with Crippen LogP contribution in [0, 0.1) is 0 Å². The summed E-state index contributed by atoms with van der Waals surface area (Å²) in [4.78, 5) is 10.8. The van der Waals surface area contributed by atoms with Gasteiger partial charge in [-0.1, -0.05) is 22.0 Å². The zero-order valence-corrected chi connectivity index (χ0v) is 12.3. The number of aliphatic hydroxyl groups is 1. The number of methoxy groups -OCH3 is 1. The van der Waals surface area contributed by atoms with Gasteiger partial charge < -0.3 is 20.3 Å². The smallest absolute Gasteiger partial charge is 0.335 e. The molecule has 0 amide bonds. The van der Waals surface area contributed by atoms with Crippen LogP contribution >= 0.6 is 15.9 Å². The number of carboxylic acids is 1. The standard InChI is InChI=1S/C13H18BrNO4/c1-19-5-4-11(8-16)15-7-10-3-2-9(13(17)18)6-12(10)14/h2-3,6,11,15-16H,4-5,7-8H2,1H3,(H,17,18). The highest BCUT2D eigenvalue weighted by Crippen LogP contribution is 2.19. The van der Waals surface area contributed by atoms with Crippen LogP contribution in [0.15, 0.2) is 22.7 Å². The van der Waals surface area contributed by atoms with Crippen molar-refractivity contribution in [3.05, 3.63) is 33.8 Å². The molecule has 3 N–H and O–H groups in total. The topological polar surface area (TPSA) is 78.8 Å². The lowest BCUT2D eigenvalue weighted by Crippen LogP contribution is -2.33. The Labute approximate surface area is 120 Å². The molecule has 106 valence electrons. The number of carbonyl (C=O) groups is 1. The number of carboxylic acid groups (broad SMARTS) is 1. The third kappa shape index (κ3) is 5.28. The molecule has 0 heterocycles. The Bertz CT molecular complexity index is 425. The molecule has 1 atom stereocenters. The summed E-state index contributed by atoms with van der Waals surface area (Å²) >= 11 is 3.35. The molecule has 0 aromatic heterocycles. The molecular weight excluding hydrogens is 314 g/mol. The first-order valence-electron chi connectivity index (χ1n) is 5.93. The van der Waals surface area contributed by atoms with Gasteiger partial charge >= 0.3 is 5.97 Å². The number of aromatic carboxylic acids is 1. The Kier molecular flexibility index (Phi) is 7.01. The summed E-state index contributed by atoms with van der Waals surface area (Å²) in [7, 11) is 1.62. The molecule has 0 aliphatic carbocycles. The number of rotatable bonds is 8. The fourth-order valence-electron chi connectivity index (χ4n) is 1.60. The van der Waals surface area contributed by atoms with E-state index in [9.17, 15) is 9.90 Å². The van der Waals surface area contributed by atoms with Crippen LogP contribution in [0.25, 0.3) is 0 Å². The Morgan fingerprint density at radius 1 is 1.53 bits per heavy atom. The van der Waals surface area contributed by atoms with Gasteiger partial charge in [-0.15, -0.1) is 0 Å². The molecule has 1 aromatic carbocycles. The van der Waals surface area contributed by atoms with Gasteiger partial charge in [-0.2, -0.15) is 0 Å². The van der Waals surface area contributed by atoms with Crippen LogP contribution < -0.4 is 5.32 Å². The molecule has 6 heteroatoms. The molecular formula is C13H18BrNO4. The Hall–Kier alpha value is -0.950. The van der Waals surface area contributed by atoms with Gasteiger partial charge in [0.05, 0.1) is 12.2 Å². The van der Waals surface area contributed by atoms with Crippen molar-refractivity contribution in [3.63, 3.8) is 0 Å². The van der Waals surface area contributed by atoms with Crippen molar-refractivity contribution in [2.75, 3.05) is 20.3 Å². The second-order valence-electron chi connectivity index (χ2n) is 4.15. The number of hydrogen-bond donors (Lipinski definition) is 3. The third-order valence-electron chi connectivity index (χ3n) is 2.77. The van der Waals surface area contributed by atoms with Gasteiger partial charge in [-0.25, -0.2) is 4.79 Å². The lowest BCUT2D eigenvalue weighted by Gasteiger charge is -2.16. The number of halogens is 1.